The lowest BCUT2D eigenvalue weighted by Crippen LogP contribution is -2.19. The van der Waals surface area contributed by atoms with E-state index in [4.69, 9.17) is 5.11 Å². The Morgan fingerprint density at radius 2 is 1.76 bits per heavy atom. The Hall–Kier alpha value is -1.65. The molecule has 0 saturated heterocycles. The summed E-state index contributed by atoms with van der Waals surface area (Å²) in [5, 5.41) is 12.4. The fourth-order valence-electron chi connectivity index (χ4n) is 2.20. The molecular formula is C17H18BrNO2. The van der Waals surface area contributed by atoms with Crippen molar-refractivity contribution >= 4 is 21.9 Å². The SMILES string of the molecule is C[C@@H](NCc1ccccc1CC(=O)O)c1ccc(Br)cc1. The molecule has 1 atom stereocenters. The van der Waals surface area contributed by atoms with E-state index in [1.165, 1.54) is 5.56 Å². The van der Waals surface area contributed by atoms with Crippen molar-refractivity contribution < 1.29 is 9.90 Å². The van der Waals surface area contributed by atoms with Crippen LogP contribution in [0.2, 0.25) is 0 Å². The van der Waals surface area contributed by atoms with Crippen LogP contribution in [0.4, 0.5) is 0 Å². The zero-order chi connectivity index (χ0) is 15.2. The van der Waals surface area contributed by atoms with Gasteiger partial charge < -0.3 is 10.4 Å². The van der Waals surface area contributed by atoms with E-state index in [1.807, 2.05) is 36.4 Å². The van der Waals surface area contributed by atoms with Crippen LogP contribution < -0.4 is 5.32 Å². The summed E-state index contributed by atoms with van der Waals surface area (Å²) in [6.45, 7) is 2.75. The van der Waals surface area contributed by atoms with E-state index in [0.29, 0.717) is 6.54 Å². The summed E-state index contributed by atoms with van der Waals surface area (Å²) in [5.41, 5.74) is 3.10. The summed E-state index contributed by atoms with van der Waals surface area (Å²) in [6, 6.07) is 16.0. The van der Waals surface area contributed by atoms with Crippen molar-refractivity contribution in [3.05, 3.63) is 69.7 Å². The van der Waals surface area contributed by atoms with Gasteiger partial charge in [-0.3, -0.25) is 4.79 Å². The van der Waals surface area contributed by atoms with Gasteiger partial charge in [0.05, 0.1) is 6.42 Å². The highest BCUT2D eigenvalue weighted by atomic mass is 79.9. The van der Waals surface area contributed by atoms with Crippen LogP contribution in [0.3, 0.4) is 0 Å². The van der Waals surface area contributed by atoms with Crippen LogP contribution in [0.1, 0.15) is 29.7 Å². The van der Waals surface area contributed by atoms with Crippen LogP contribution in [0.25, 0.3) is 0 Å². The Balaban J connectivity index is 2.02. The van der Waals surface area contributed by atoms with Gasteiger partial charge in [-0.25, -0.2) is 0 Å². The lowest BCUT2D eigenvalue weighted by molar-refractivity contribution is -0.136. The Morgan fingerprint density at radius 1 is 1.14 bits per heavy atom. The number of hydrogen-bond acceptors (Lipinski definition) is 2. The minimum Gasteiger partial charge on any atom is -0.481 e. The Kier molecular flexibility index (Phi) is 5.53. The molecule has 0 aromatic heterocycles. The summed E-state index contributed by atoms with van der Waals surface area (Å²) in [5.74, 6) is -0.802. The van der Waals surface area contributed by atoms with Crippen molar-refractivity contribution in [3.63, 3.8) is 0 Å². The second kappa shape index (κ2) is 7.38. The third-order valence-electron chi connectivity index (χ3n) is 3.43. The highest BCUT2D eigenvalue weighted by Crippen LogP contribution is 2.18. The van der Waals surface area contributed by atoms with Crippen LogP contribution in [-0.4, -0.2) is 11.1 Å². The van der Waals surface area contributed by atoms with Crippen molar-refractivity contribution in [2.45, 2.75) is 25.9 Å². The van der Waals surface area contributed by atoms with Gasteiger partial charge in [0.2, 0.25) is 0 Å². The largest absolute Gasteiger partial charge is 0.481 e. The maximum absolute atomic E-state index is 10.9. The number of aliphatic carboxylic acids is 1. The molecule has 2 N–H and O–H groups in total. The van der Waals surface area contributed by atoms with E-state index in [2.05, 4.69) is 40.3 Å². The molecule has 0 aliphatic rings. The van der Waals surface area contributed by atoms with E-state index in [0.717, 1.165) is 15.6 Å². The number of hydrogen-bond donors (Lipinski definition) is 2. The Morgan fingerprint density at radius 3 is 2.38 bits per heavy atom. The highest BCUT2D eigenvalue weighted by molar-refractivity contribution is 9.10. The van der Waals surface area contributed by atoms with Crippen molar-refractivity contribution in [2.24, 2.45) is 0 Å². The van der Waals surface area contributed by atoms with Crippen molar-refractivity contribution in [3.8, 4) is 0 Å². The first-order valence-electron chi connectivity index (χ1n) is 6.83. The average Bonchev–Trinajstić information content (AvgIpc) is 2.46. The second-order valence-corrected chi connectivity index (χ2v) is 5.91. The molecule has 2 rings (SSSR count). The minimum atomic E-state index is -0.802. The monoisotopic (exact) mass is 347 g/mol. The third kappa shape index (κ3) is 4.69. The number of carboxylic acids is 1. The Labute approximate surface area is 133 Å². The molecule has 4 heteroatoms. The molecule has 3 nitrogen and oxygen atoms in total. The highest BCUT2D eigenvalue weighted by Gasteiger charge is 2.09. The molecular weight excluding hydrogens is 330 g/mol. The zero-order valence-corrected chi connectivity index (χ0v) is 13.4. The first-order valence-corrected chi connectivity index (χ1v) is 7.63. The zero-order valence-electron chi connectivity index (χ0n) is 11.8. The average molecular weight is 348 g/mol. The predicted octanol–water partition coefficient (Wildman–Crippen LogP) is 3.93. The van der Waals surface area contributed by atoms with Gasteiger partial charge in [-0.15, -0.1) is 0 Å². The summed E-state index contributed by atoms with van der Waals surface area (Å²) in [6.07, 6.45) is 0.0600. The fraction of sp³-hybridized carbons (Fsp3) is 0.235. The molecule has 0 heterocycles. The molecule has 0 aliphatic carbocycles. The standard InChI is InChI=1S/C17H18BrNO2/c1-12(13-6-8-16(18)9-7-13)19-11-15-5-3-2-4-14(15)10-17(20)21/h2-9,12,19H,10-11H2,1H3,(H,20,21)/t12-/m1/s1. The van der Waals surface area contributed by atoms with Crippen LogP contribution in [0.5, 0.6) is 0 Å². The summed E-state index contributed by atoms with van der Waals surface area (Å²) < 4.78 is 1.06. The second-order valence-electron chi connectivity index (χ2n) is 4.99. The van der Waals surface area contributed by atoms with Crippen molar-refractivity contribution in [1.29, 1.82) is 0 Å². The molecule has 0 amide bonds. The third-order valence-corrected chi connectivity index (χ3v) is 3.96. The van der Waals surface area contributed by atoms with Gasteiger partial charge in [0.15, 0.2) is 0 Å². The maximum atomic E-state index is 10.9. The van der Waals surface area contributed by atoms with E-state index >= 15 is 0 Å². The minimum absolute atomic E-state index is 0.0600. The molecule has 2 aromatic rings. The van der Waals surface area contributed by atoms with Crippen molar-refractivity contribution in [2.75, 3.05) is 0 Å². The molecule has 2 aromatic carbocycles. The molecule has 110 valence electrons. The summed E-state index contributed by atoms with van der Waals surface area (Å²) in [7, 11) is 0. The van der Waals surface area contributed by atoms with Gasteiger partial charge in [0.25, 0.3) is 0 Å². The summed E-state index contributed by atoms with van der Waals surface area (Å²) >= 11 is 3.43. The number of benzene rings is 2. The molecule has 21 heavy (non-hydrogen) atoms. The molecule has 0 unspecified atom stereocenters. The molecule has 0 radical (unpaired) electrons. The molecule has 0 bridgehead atoms. The van der Waals surface area contributed by atoms with Crippen LogP contribution in [-0.2, 0) is 17.8 Å². The van der Waals surface area contributed by atoms with Gasteiger partial charge in [0, 0.05) is 17.1 Å². The number of halogens is 1. The smallest absolute Gasteiger partial charge is 0.307 e. The van der Waals surface area contributed by atoms with Crippen molar-refractivity contribution in [1.82, 2.24) is 5.32 Å². The first kappa shape index (κ1) is 15.7. The molecule has 0 fully saturated rings. The van der Waals surface area contributed by atoms with E-state index < -0.39 is 5.97 Å². The van der Waals surface area contributed by atoms with E-state index in [9.17, 15) is 4.79 Å². The summed E-state index contributed by atoms with van der Waals surface area (Å²) in [4.78, 5) is 10.9. The Bertz CT molecular complexity index is 610. The number of carboxylic acid groups (broad SMARTS) is 1. The van der Waals surface area contributed by atoms with Gasteiger partial charge in [-0.1, -0.05) is 52.3 Å². The lowest BCUT2D eigenvalue weighted by Gasteiger charge is -2.16. The van der Waals surface area contributed by atoms with Gasteiger partial charge >= 0.3 is 5.97 Å². The topological polar surface area (TPSA) is 49.3 Å². The quantitative estimate of drug-likeness (QED) is 0.832. The molecule has 0 aliphatic heterocycles. The van der Waals surface area contributed by atoms with Crippen LogP contribution >= 0.6 is 15.9 Å². The van der Waals surface area contributed by atoms with Crippen LogP contribution in [0.15, 0.2) is 53.0 Å². The number of nitrogens with one attached hydrogen (secondary N) is 1. The number of carbonyl (C=O) groups is 1. The predicted molar refractivity (Wildman–Crippen MR) is 87.2 cm³/mol. The van der Waals surface area contributed by atoms with Gasteiger partial charge in [-0.2, -0.15) is 0 Å². The lowest BCUT2D eigenvalue weighted by atomic mass is 10.0. The molecule has 0 spiro atoms. The molecule has 0 saturated carbocycles. The van der Waals surface area contributed by atoms with E-state index in [-0.39, 0.29) is 12.5 Å². The fourth-order valence-corrected chi connectivity index (χ4v) is 2.46. The van der Waals surface area contributed by atoms with E-state index in [1.54, 1.807) is 0 Å². The normalized spacial score (nSPS) is 12.1. The van der Waals surface area contributed by atoms with Gasteiger partial charge in [-0.05, 0) is 35.7 Å². The van der Waals surface area contributed by atoms with Gasteiger partial charge in [0.1, 0.15) is 0 Å². The first-order chi connectivity index (χ1) is 10.1. The number of rotatable bonds is 6. The maximum Gasteiger partial charge on any atom is 0.307 e. The van der Waals surface area contributed by atoms with Crippen LogP contribution in [0, 0.1) is 0 Å².